The summed E-state index contributed by atoms with van der Waals surface area (Å²) in [6, 6.07) is 0. The van der Waals surface area contributed by atoms with Crippen molar-refractivity contribution in [3.8, 4) is 0 Å². The van der Waals surface area contributed by atoms with E-state index in [1.165, 1.54) is 130 Å². The molecule has 0 spiro atoms. The molecule has 0 saturated heterocycles. The van der Waals surface area contributed by atoms with E-state index in [1.807, 2.05) is 0 Å². The van der Waals surface area contributed by atoms with Crippen molar-refractivity contribution in [2.24, 2.45) is 0 Å². The van der Waals surface area contributed by atoms with E-state index in [0.717, 1.165) is 8.17 Å². The van der Waals surface area contributed by atoms with Crippen LogP contribution in [0.4, 0.5) is 0 Å². The summed E-state index contributed by atoms with van der Waals surface area (Å²) in [5, 5.41) is 0. The number of hydrogen-bond acceptors (Lipinski definition) is 0. The molecule has 0 aromatic rings. The fourth-order valence-corrected chi connectivity index (χ4v) is 122. The second kappa shape index (κ2) is 25.9. The Bertz CT molecular complexity index is 946. The zero-order valence-electron chi connectivity index (χ0n) is 50.2. The van der Waals surface area contributed by atoms with E-state index < -0.39 is 96.9 Å². The Hall–Kier alpha value is 6.58. The monoisotopic (exact) mass is 1510 g/mol. The Morgan fingerprint density at radius 1 is 0.177 bits per heavy atom. The van der Waals surface area contributed by atoms with Crippen LogP contribution in [0.3, 0.4) is 0 Å². The van der Waals surface area contributed by atoms with Gasteiger partial charge in [-0.1, -0.05) is 32.1 Å². The van der Waals surface area contributed by atoms with Gasteiger partial charge in [-0.3, -0.25) is 0 Å². The van der Waals surface area contributed by atoms with Gasteiger partial charge < -0.3 is 0 Å². The maximum Gasteiger partial charge on any atom is 0 e. The third-order valence-electron chi connectivity index (χ3n) is 15.4. The zero-order chi connectivity index (χ0) is 51.5. The maximum atomic E-state index is 2.61. The van der Waals surface area contributed by atoms with E-state index in [4.69, 9.17) is 0 Å². The van der Waals surface area contributed by atoms with Gasteiger partial charge in [0.2, 0.25) is 0 Å². The molecule has 0 bridgehead atoms. The number of rotatable bonds is 12. The molecule has 0 aromatic heterocycles. The summed E-state index contributed by atoms with van der Waals surface area (Å²) in [5.41, 5.74) is 0. The maximum absolute atomic E-state index is 2.61. The molecule has 1 saturated carbocycles. The van der Waals surface area contributed by atoms with Crippen LogP contribution in [0.25, 0.3) is 0 Å². The summed E-state index contributed by atoms with van der Waals surface area (Å²) in [6.07, 6.45) is 7.50. The third kappa shape index (κ3) is 20.0. The average Bonchev–Trinajstić information content (AvgIpc) is 3.49. The quantitative estimate of drug-likeness (QED) is 0.171. The predicted octanol–water partition coefficient (Wildman–Crippen LogP) is 17.7. The third-order valence-corrected chi connectivity index (χ3v) is 187. The van der Waals surface area contributed by atoms with Gasteiger partial charge in [-0.05, 0) is 0 Å². The minimum Gasteiger partial charge on any atom is 0 e. The molecule has 1 rings (SSSR count). The SMILES string of the molecule is C1CCCC1.C[Si](C)(C)[C]([In])([Si](C)(C)C)[Si](C)(C)C.C[Si](C)(C)[C]([In])([Si](C)(C)C)[Si](C)(C)C.C[Si](C)(C)[C]([In])([Si](C)(C)C)[Si](C)(C)C.C[Si](C)(C)[C]([In])([Si](C)(C)C)[Si](C)(C)C.[Ni]. The predicted molar refractivity (Wildman–Crippen MR) is 337 cm³/mol. The molecule has 17 heteroatoms. The molecule has 1 aliphatic carbocycles. The first-order valence-corrected chi connectivity index (χ1v) is 73.2. The van der Waals surface area contributed by atoms with E-state index in [9.17, 15) is 0 Å². The van der Waals surface area contributed by atoms with Crippen molar-refractivity contribution in [1.29, 1.82) is 0 Å². The molecule has 8 radical (unpaired) electrons. The van der Waals surface area contributed by atoms with E-state index >= 15 is 0 Å². The van der Waals surface area contributed by atoms with E-state index in [2.05, 4.69) is 236 Å². The first kappa shape index (κ1) is 77.5. The summed E-state index contributed by atoms with van der Waals surface area (Å²) in [6.45, 7) is 93.8. The molecule has 0 aromatic carbocycles. The molecule has 0 unspecified atom stereocenters. The van der Waals surface area contributed by atoms with Gasteiger partial charge in [0, 0.05) is 16.5 Å². The van der Waals surface area contributed by atoms with Crippen LogP contribution in [0.2, 0.25) is 244 Å². The molecule has 1 aliphatic rings. The summed E-state index contributed by atoms with van der Waals surface area (Å²) in [5.74, 6) is 0. The minimum atomic E-state index is -1.00. The van der Waals surface area contributed by atoms with Crippen molar-refractivity contribution >= 4 is 194 Å². The normalized spacial score (nSPS) is 16.2. The summed E-state index contributed by atoms with van der Waals surface area (Å²) < 4.78 is 3.44. The van der Waals surface area contributed by atoms with E-state index in [1.54, 1.807) is 0 Å². The van der Waals surface area contributed by atoms with E-state index in [-0.39, 0.29) is 16.5 Å². The van der Waals surface area contributed by atoms with Gasteiger partial charge in [-0.2, -0.15) is 0 Å². The van der Waals surface area contributed by atoms with Crippen molar-refractivity contribution in [2.75, 3.05) is 0 Å². The van der Waals surface area contributed by atoms with Gasteiger partial charge in [0.15, 0.2) is 0 Å². The second-order valence-corrected chi connectivity index (χ2v) is 131. The fourth-order valence-electron chi connectivity index (χ4n) is 14.4. The van der Waals surface area contributed by atoms with Crippen LogP contribution in [0.15, 0.2) is 0 Å². The largest absolute Gasteiger partial charge is 0 e. The van der Waals surface area contributed by atoms with Crippen LogP contribution in [0.1, 0.15) is 32.1 Å². The molecule has 0 N–H and O–H groups in total. The van der Waals surface area contributed by atoms with Crippen LogP contribution in [0.5, 0.6) is 0 Å². The first-order chi connectivity index (χ1) is 25.5. The fraction of sp³-hybridized carbons (Fsp3) is 1.00. The Labute approximate surface area is 479 Å². The van der Waals surface area contributed by atoms with Gasteiger partial charge in [0.1, 0.15) is 0 Å². The van der Waals surface area contributed by atoms with Gasteiger partial charge in [-0.15, -0.1) is 0 Å². The van der Waals surface area contributed by atoms with Crippen LogP contribution in [-0.2, 0) is 16.5 Å². The zero-order valence-corrected chi connectivity index (χ0v) is 76.3. The average molecular weight is 1510 g/mol. The molecule has 62 heavy (non-hydrogen) atoms. The standard InChI is InChI=1S/4C10H27Si3.C5H10.4In.Ni/c4*1-11(2,3)10(12(4,5)6)13(7,8)9;1-2-4-5-3-1;;;;;/h4*1-9H3;1-5H2;;;;;. The van der Waals surface area contributed by atoms with Crippen LogP contribution < -0.4 is 0 Å². The van der Waals surface area contributed by atoms with Crippen molar-refractivity contribution in [2.45, 2.75) is 276 Å². The Kier molecular flexibility index (Phi) is 32.3. The molecule has 0 heterocycles. The Morgan fingerprint density at radius 2 is 0.226 bits per heavy atom. The number of hydrogen-bond donors (Lipinski definition) is 0. The molecular formula is C45H118In4NiSi12. The summed E-state index contributed by atoms with van der Waals surface area (Å²) in [4.78, 5) is 0. The van der Waals surface area contributed by atoms with Crippen molar-refractivity contribution in [3.63, 3.8) is 0 Å². The molecule has 1 fully saturated rings. The van der Waals surface area contributed by atoms with Crippen LogP contribution in [0, 0.1) is 0 Å². The van der Waals surface area contributed by atoms with Crippen molar-refractivity contribution < 1.29 is 16.5 Å². The van der Waals surface area contributed by atoms with Gasteiger partial charge in [-0.25, -0.2) is 0 Å². The molecule has 368 valence electrons. The van der Waals surface area contributed by atoms with E-state index in [0.29, 0.717) is 0 Å². The molecule has 0 atom stereocenters. The van der Waals surface area contributed by atoms with Crippen LogP contribution in [-0.4, -0.2) is 194 Å². The Morgan fingerprint density at radius 3 is 0.242 bits per heavy atom. The topological polar surface area (TPSA) is 0 Å². The Balaban J connectivity index is -0.000000222. The van der Waals surface area contributed by atoms with Crippen LogP contribution >= 0.6 is 0 Å². The van der Waals surface area contributed by atoms with Crippen molar-refractivity contribution in [1.82, 2.24) is 0 Å². The molecular weight excluding hydrogens is 1400 g/mol. The minimum absolute atomic E-state index is 0. The van der Waals surface area contributed by atoms with Gasteiger partial charge in [0.05, 0.1) is 0 Å². The van der Waals surface area contributed by atoms with Gasteiger partial charge in [0.25, 0.3) is 0 Å². The molecule has 0 nitrogen and oxygen atoms in total. The molecule has 0 aliphatic heterocycles. The molecule has 0 amide bonds. The van der Waals surface area contributed by atoms with Crippen molar-refractivity contribution in [3.05, 3.63) is 0 Å². The first-order valence-electron chi connectivity index (χ1n) is 24.7. The summed E-state index contributed by atoms with van der Waals surface area (Å²) in [7, 11) is -12.0. The van der Waals surface area contributed by atoms with Gasteiger partial charge >= 0.3 is 438 Å². The second-order valence-electron chi connectivity index (χ2n) is 32.0. The smallest absolute Gasteiger partial charge is 0 e. The summed E-state index contributed by atoms with van der Waals surface area (Å²) >= 11 is 6.03.